The van der Waals surface area contributed by atoms with E-state index in [1.54, 1.807) is 6.20 Å². The van der Waals surface area contributed by atoms with E-state index in [-0.39, 0.29) is 11.9 Å². The predicted octanol–water partition coefficient (Wildman–Crippen LogP) is 3.79. The van der Waals surface area contributed by atoms with Crippen molar-refractivity contribution >= 4 is 27.3 Å². The van der Waals surface area contributed by atoms with Crippen LogP contribution < -0.4 is 5.32 Å². The highest BCUT2D eigenvalue weighted by molar-refractivity contribution is 7.20. The first-order chi connectivity index (χ1) is 9.74. The van der Waals surface area contributed by atoms with E-state index in [1.165, 1.54) is 11.3 Å². The van der Waals surface area contributed by atoms with Gasteiger partial charge in [-0.05, 0) is 36.6 Å². The van der Waals surface area contributed by atoms with Crippen LogP contribution >= 0.6 is 11.3 Å². The Morgan fingerprint density at radius 2 is 2.00 bits per heavy atom. The molecule has 1 unspecified atom stereocenters. The van der Waals surface area contributed by atoms with Crippen molar-refractivity contribution in [2.75, 3.05) is 0 Å². The lowest BCUT2D eigenvalue weighted by Crippen LogP contribution is -2.26. The summed E-state index contributed by atoms with van der Waals surface area (Å²) >= 11 is 1.51. The fourth-order valence-electron chi connectivity index (χ4n) is 2.07. The van der Waals surface area contributed by atoms with E-state index in [9.17, 15) is 4.79 Å². The monoisotopic (exact) mass is 282 g/mol. The first-order valence-corrected chi connectivity index (χ1v) is 7.26. The maximum atomic E-state index is 12.3. The standard InChI is InChI=1S/C16H14N2OS/c1-11(13-7-4-5-9-17-13)18-16(19)15-10-12-6-2-3-8-14(12)20-15/h2-11H,1H3,(H,18,19). The van der Waals surface area contributed by atoms with Gasteiger partial charge in [0, 0.05) is 10.9 Å². The number of pyridine rings is 1. The van der Waals surface area contributed by atoms with Gasteiger partial charge in [0.15, 0.2) is 0 Å². The molecule has 4 heteroatoms. The Labute approximate surface area is 121 Å². The third kappa shape index (κ3) is 2.56. The molecule has 0 aliphatic rings. The number of benzene rings is 1. The van der Waals surface area contributed by atoms with Crippen LogP contribution in [0.3, 0.4) is 0 Å². The van der Waals surface area contributed by atoms with E-state index in [2.05, 4.69) is 10.3 Å². The second-order valence-electron chi connectivity index (χ2n) is 4.60. The largest absolute Gasteiger partial charge is 0.343 e. The number of aromatic nitrogens is 1. The molecule has 0 aliphatic heterocycles. The number of carbonyl (C=O) groups is 1. The highest BCUT2D eigenvalue weighted by Crippen LogP contribution is 2.25. The molecule has 1 N–H and O–H groups in total. The van der Waals surface area contributed by atoms with E-state index < -0.39 is 0 Å². The van der Waals surface area contributed by atoms with Crippen LogP contribution in [0.15, 0.2) is 54.7 Å². The molecule has 0 radical (unpaired) electrons. The normalized spacial score (nSPS) is 12.2. The maximum Gasteiger partial charge on any atom is 0.261 e. The number of nitrogens with one attached hydrogen (secondary N) is 1. The zero-order valence-electron chi connectivity index (χ0n) is 11.0. The molecule has 0 aliphatic carbocycles. The van der Waals surface area contributed by atoms with Gasteiger partial charge in [-0.1, -0.05) is 24.3 Å². The van der Waals surface area contributed by atoms with Crippen molar-refractivity contribution in [2.24, 2.45) is 0 Å². The highest BCUT2D eigenvalue weighted by atomic mass is 32.1. The molecular weight excluding hydrogens is 268 g/mol. The molecule has 0 spiro atoms. The minimum atomic E-state index is -0.103. The molecule has 0 fully saturated rings. The summed E-state index contributed by atoms with van der Waals surface area (Å²) in [6, 6.07) is 15.5. The van der Waals surface area contributed by atoms with Gasteiger partial charge in [0.05, 0.1) is 16.6 Å². The third-order valence-corrected chi connectivity index (χ3v) is 4.24. The van der Waals surface area contributed by atoms with E-state index >= 15 is 0 Å². The topological polar surface area (TPSA) is 42.0 Å². The Balaban J connectivity index is 1.79. The van der Waals surface area contributed by atoms with Gasteiger partial charge in [0.1, 0.15) is 0 Å². The lowest BCUT2D eigenvalue weighted by molar-refractivity contribution is 0.0943. The lowest BCUT2D eigenvalue weighted by atomic mass is 10.2. The predicted molar refractivity (Wildman–Crippen MR) is 81.9 cm³/mol. The molecule has 0 saturated heterocycles. The number of hydrogen-bond donors (Lipinski definition) is 1. The Morgan fingerprint density at radius 1 is 1.20 bits per heavy atom. The fraction of sp³-hybridized carbons (Fsp3) is 0.125. The van der Waals surface area contributed by atoms with Crippen LogP contribution in [0.1, 0.15) is 28.3 Å². The van der Waals surface area contributed by atoms with Crippen molar-refractivity contribution in [3.8, 4) is 0 Å². The van der Waals surface area contributed by atoms with Crippen molar-refractivity contribution in [2.45, 2.75) is 13.0 Å². The molecule has 100 valence electrons. The van der Waals surface area contributed by atoms with Crippen molar-refractivity contribution < 1.29 is 4.79 Å². The number of carbonyl (C=O) groups excluding carboxylic acids is 1. The van der Waals surface area contributed by atoms with E-state index in [0.717, 1.165) is 20.7 Å². The summed E-state index contributed by atoms with van der Waals surface area (Å²) in [6.45, 7) is 1.94. The molecule has 3 nitrogen and oxygen atoms in total. The summed E-state index contributed by atoms with van der Waals surface area (Å²) in [5.74, 6) is -0.0515. The number of rotatable bonds is 3. The van der Waals surface area contributed by atoms with E-state index in [0.29, 0.717) is 0 Å². The molecule has 20 heavy (non-hydrogen) atoms. The molecule has 0 saturated carbocycles. The molecule has 3 rings (SSSR count). The van der Waals surface area contributed by atoms with Crippen LogP contribution in [0.5, 0.6) is 0 Å². The van der Waals surface area contributed by atoms with Crippen LogP contribution in [0.4, 0.5) is 0 Å². The smallest absolute Gasteiger partial charge is 0.261 e. The number of hydrogen-bond acceptors (Lipinski definition) is 3. The number of amides is 1. The first kappa shape index (κ1) is 12.8. The number of fused-ring (bicyclic) bond motifs is 1. The first-order valence-electron chi connectivity index (χ1n) is 6.44. The van der Waals surface area contributed by atoms with Gasteiger partial charge >= 0.3 is 0 Å². The second kappa shape index (κ2) is 5.43. The SMILES string of the molecule is CC(NC(=O)c1cc2ccccc2s1)c1ccccn1. The van der Waals surface area contributed by atoms with Crippen LogP contribution in [0.25, 0.3) is 10.1 Å². The van der Waals surface area contributed by atoms with Gasteiger partial charge < -0.3 is 5.32 Å². The molecule has 3 aromatic rings. The summed E-state index contributed by atoms with van der Waals surface area (Å²) in [7, 11) is 0. The molecule has 1 aromatic carbocycles. The van der Waals surface area contributed by atoms with Gasteiger partial charge in [0.2, 0.25) is 0 Å². The van der Waals surface area contributed by atoms with Crippen molar-refractivity contribution in [1.82, 2.24) is 10.3 Å². The molecule has 2 heterocycles. The Morgan fingerprint density at radius 3 is 2.75 bits per heavy atom. The summed E-state index contributed by atoms with van der Waals surface area (Å²) in [5, 5.41) is 4.09. The average Bonchev–Trinajstić information content (AvgIpc) is 2.92. The average molecular weight is 282 g/mol. The fourth-order valence-corrected chi connectivity index (χ4v) is 3.03. The summed E-state index contributed by atoms with van der Waals surface area (Å²) < 4.78 is 1.13. The summed E-state index contributed by atoms with van der Waals surface area (Å²) in [4.78, 5) is 17.3. The van der Waals surface area contributed by atoms with Crippen LogP contribution in [-0.2, 0) is 0 Å². The number of nitrogens with zero attached hydrogens (tertiary/aromatic N) is 1. The zero-order valence-corrected chi connectivity index (χ0v) is 11.9. The molecule has 1 amide bonds. The van der Waals surface area contributed by atoms with Crippen molar-refractivity contribution in [1.29, 1.82) is 0 Å². The summed E-state index contributed by atoms with van der Waals surface area (Å²) in [5.41, 5.74) is 0.863. The van der Waals surface area contributed by atoms with Gasteiger partial charge in [0.25, 0.3) is 5.91 Å². The zero-order chi connectivity index (χ0) is 13.9. The quantitative estimate of drug-likeness (QED) is 0.794. The van der Waals surface area contributed by atoms with Crippen LogP contribution in [0, 0.1) is 0 Å². The minimum absolute atomic E-state index is 0.0515. The maximum absolute atomic E-state index is 12.3. The van der Waals surface area contributed by atoms with Gasteiger partial charge in [-0.3, -0.25) is 9.78 Å². The van der Waals surface area contributed by atoms with Crippen LogP contribution in [0.2, 0.25) is 0 Å². The molecule has 0 bridgehead atoms. The Kier molecular flexibility index (Phi) is 3.48. The molecule has 2 aromatic heterocycles. The molecular formula is C16H14N2OS. The lowest BCUT2D eigenvalue weighted by Gasteiger charge is -2.12. The summed E-state index contributed by atoms with van der Waals surface area (Å²) in [6.07, 6.45) is 1.73. The highest BCUT2D eigenvalue weighted by Gasteiger charge is 2.14. The van der Waals surface area contributed by atoms with E-state index in [1.807, 2.05) is 55.5 Å². The van der Waals surface area contributed by atoms with Gasteiger partial charge in [-0.25, -0.2) is 0 Å². The third-order valence-electron chi connectivity index (χ3n) is 3.13. The minimum Gasteiger partial charge on any atom is -0.343 e. The van der Waals surface area contributed by atoms with Crippen molar-refractivity contribution in [3.05, 3.63) is 65.3 Å². The molecule has 1 atom stereocenters. The van der Waals surface area contributed by atoms with E-state index in [4.69, 9.17) is 0 Å². The van der Waals surface area contributed by atoms with Crippen LogP contribution in [-0.4, -0.2) is 10.9 Å². The Bertz CT molecular complexity index is 703. The second-order valence-corrected chi connectivity index (χ2v) is 5.68. The Hall–Kier alpha value is -2.20. The number of thiophene rings is 1. The van der Waals surface area contributed by atoms with Crippen molar-refractivity contribution in [3.63, 3.8) is 0 Å². The van der Waals surface area contributed by atoms with Gasteiger partial charge in [-0.15, -0.1) is 11.3 Å². The van der Waals surface area contributed by atoms with Gasteiger partial charge in [-0.2, -0.15) is 0 Å².